The van der Waals surface area contributed by atoms with Gasteiger partial charge in [0.25, 0.3) is 5.91 Å². The number of hydrogen-bond donors (Lipinski definition) is 1. The Morgan fingerprint density at radius 1 is 0.920 bits per heavy atom. The van der Waals surface area contributed by atoms with E-state index in [1.165, 1.54) is 43.5 Å². The second kappa shape index (κ2) is 8.58. The molecule has 0 fully saturated rings. The Labute approximate surface area is 143 Å². The van der Waals surface area contributed by atoms with E-state index in [0.29, 0.717) is 5.56 Å². The molecule has 0 aliphatic rings. The third-order valence-electron chi connectivity index (χ3n) is 3.28. The summed E-state index contributed by atoms with van der Waals surface area (Å²) < 4.78 is 22.2. The Balaban J connectivity index is 1.79. The lowest BCUT2D eigenvalue weighted by molar-refractivity contribution is -0.124. The number of ether oxygens (including phenoxy) is 2. The molecule has 0 atom stereocenters. The first-order valence-electron chi connectivity index (χ1n) is 7.36. The maximum atomic E-state index is 12.8. The molecule has 0 radical (unpaired) electrons. The van der Waals surface area contributed by atoms with Crippen LogP contribution in [0, 0.1) is 5.82 Å². The van der Waals surface area contributed by atoms with Crippen molar-refractivity contribution in [1.29, 1.82) is 0 Å². The highest BCUT2D eigenvalue weighted by Gasteiger charge is 2.12. The van der Waals surface area contributed by atoms with E-state index in [9.17, 15) is 18.8 Å². The third kappa shape index (κ3) is 5.42. The summed E-state index contributed by atoms with van der Waals surface area (Å²) >= 11 is 0. The van der Waals surface area contributed by atoms with E-state index in [0.717, 1.165) is 5.56 Å². The molecule has 0 saturated carbocycles. The maximum Gasteiger partial charge on any atom is 0.338 e. The summed E-state index contributed by atoms with van der Waals surface area (Å²) in [5.74, 6) is -2.04. The molecule has 6 nitrogen and oxygen atoms in total. The molecule has 2 rings (SSSR count). The van der Waals surface area contributed by atoms with Crippen LogP contribution in [-0.2, 0) is 20.8 Å². The highest BCUT2D eigenvalue weighted by Crippen LogP contribution is 2.07. The lowest BCUT2D eigenvalue weighted by Crippen LogP contribution is -2.28. The van der Waals surface area contributed by atoms with Crippen molar-refractivity contribution in [2.45, 2.75) is 6.54 Å². The molecule has 2 aromatic carbocycles. The van der Waals surface area contributed by atoms with Gasteiger partial charge in [0.15, 0.2) is 6.61 Å². The molecule has 0 heterocycles. The van der Waals surface area contributed by atoms with E-state index in [4.69, 9.17) is 4.74 Å². The van der Waals surface area contributed by atoms with Crippen LogP contribution in [-0.4, -0.2) is 31.6 Å². The van der Waals surface area contributed by atoms with Crippen LogP contribution in [0.4, 0.5) is 4.39 Å². The van der Waals surface area contributed by atoms with Gasteiger partial charge in [-0.3, -0.25) is 4.79 Å². The van der Waals surface area contributed by atoms with E-state index in [2.05, 4.69) is 10.1 Å². The summed E-state index contributed by atoms with van der Waals surface area (Å²) in [4.78, 5) is 34.8. The smallest absolute Gasteiger partial charge is 0.338 e. The Bertz CT molecular complexity index is 756. The number of hydrogen-bond acceptors (Lipinski definition) is 5. The average Bonchev–Trinajstić information content (AvgIpc) is 2.65. The monoisotopic (exact) mass is 345 g/mol. The summed E-state index contributed by atoms with van der Waals surface area (Å²) in [6.45, 7) is -0.247. The maximum absolute atomic E-state index is 12.8. The molecule has 1 N–H and O–H groups in total. The molecule has 1 amide bonds. The Hall–Kier alpha value is -3.22. The van der Waals surface area contributed by atoms with Crippen LogP contribution in [0.1, 0.15) is 26.3 Å². The molecule has 7 heteroatoms. The number of rotatable bonds is 6. The standard InChI is InChI=1S/C18H16FNO5/c1-24-17(22)13-4-6-14(7-5-13)18(23)25-11-16(21)20-10-12-2-8-15(19)9-3-12/h2-9H,10-11H2,1H3,(H,20,21). The highest BCUT2D eigenvalue weighted by atomic mass is 19.1. The SMILES string of the molecule is COC(=O)c1ccc(C(=O)OCC(=O)NCc2ccc(F)cc2)cc1. The topological polar surface area (TPSA) is 81.7 Å². The van der Waals surface area contributed by atoms with Crippen LogP contribution in [0.5, 0.6) is 0 Å². The molecule has 0 bridgehead atoms. The van der Waals surface area contributed by atoms with Gasteiger partial charge in [0.05, 0.1) is 18.2 Å². The summed E-state index contributed by atoms with van der Waals surface area (Å²) in [5.41, 5.74) is 1.23. The van der Waals surface area contributed by atoms with Crippen molar-refractivity contribution in [3.63, 3.8) is 0 Å². The Morgan fingerprint density at radius 3 is 2.04 bits per heavy atom. The molecule has 0 saturated heterocycles. The fourth-order valence-electron chi connectivity index (χ4n) is 1.93. The van der Waals surface area contributed by atoms with Crippen LogP contribution in [0.3, 0.4) is 0 Å². The van der Waals surface area contributed by atoms with E-state index < -0.39 is 24.5 Å². The van der Waals surface area contributed by atoms with Crippen molar-refractivity contribution in [2.24, 2.45) is 0 Å². The largest absolute Gasteiger partial charge is 0.465 e. The van der Waals surface area contributed by atoms with E-state index in [1.807, 2.05) is 0 Å². The molecule has 25 heavy (non-hydrogen) atoms. The number of carbonyl (C=O) groups excluding carboxylic acids is 3. The highest BCUT2D eigenvalue weighted by molar-refractivity contribution is 5.94. The first-order chi connectivity index (χ1) is 12.0. The number of esters is 2. The van der Waals surface area contributed by atoms with Crippen molar-refractivity contribution in [3.8, 4) is 0 Å². The fraction of sp³-hybridized carbons (Fsp3) is 0.167. The Morgan fingerprint density at radius 2 is 1.48 bits per heavy atom. The van der Waals surface area contributed by atoms with Gasteiger partial charge in [-0.15, -0.1) is 0 Å². The predicted molar refractivity (Wildman–Crippen MR) is 86.3 cm³/mol. The summed E-state index contributed by atoms with van der Waals surface area (Å²) in [5, 5.41) is 2.56. The zero-order valence-corrected chi connectivity index (χ0v) is 13.5. The lowest BCUT2D eigenvalue weighted by atomic mass is 10.1. The van der Waals surface area contributed by atoms with Gasteiger partial charge in [0, 0.05) is 6.54 Å². The molecule has 0 aliphatic heterocycles. The molecular weight excluding hydrogens is 329 g/mol. The second-order valence-corrected chi connectivity index (χ2v) is 5.05. The molecular formula is C18H16FNO5. The van der Waals surface area contributed by atoms with Gasteiger partial charge in [0.2, 0.25) is 0 Å². The first kappa shape index (κ1) is 18.1. The number of nitrogens with one attached hydrogen (secondary N) is 1. The Kier molecular flexibility index (Phi) is 6.22. The van der Waals surface area contributed by atoms with Crippen LogP contribution < -0.4 is 5.32 Å². The minimum Gasteiger partial charge on any atom is -0.465 e. The zero-order valence-electron chi connectivity index (χ0n) is 13.5. The van der Waals surface area contributed by atoms with Gasteiger partial charge in [-0.1, -0.05) is 12.1 Å². The van der Waals surface area contributed by atoms with Gasteiger partial charge in [-0.2, -0.15) is 0 Å². The quantitative estimate of drug-likeness (QED) is 0.811. The first-order valence-corrected chi connectivity index (χ1v) is 7.36. The normalized spacial score (nSPS) is 10.0. The number of methoxy groups -OCH3 is 1. The zero-order chi connectivity index (χ0) is 18.2. The number of halogens is 1. The summed E-state index contributed by atoms with van der Waals surface area (Å²) in [6.07, 6.45) is 0. The van der Waals surface area contributed by atoms with Crippen LogP contribution in [0.15, 0.2) is 48.5 Å². The summed E-state index contributed by atoms with van der Waals surface area (Å²) in [6, 6.07) is 11.3. The van der Waals surface area contributed by atoms with Crippen molar-refractivity contribution >= 4 is 17.8 Å². The third-order valence-corrected chi connectivity index (χ3v) is 3.28. The number of carbonyl (C=O) groups is 3. The van der Waals surface area contributed by atoms with Crippen LogP contribution >= 0.6 is 0 Å². The number of amides is 1. The molecule has 0 spiro atoms. The van der Waals surface area contributed by atoms with E-state index in [-0.39, 0.29) is 17.9 Å². The molecule has 2 aromatic rings. The number of benzene rings is 2. The van der Waals surface area contributed by atoms with E-state index in [1.54, 1.807) is 12.1 Å². The van der Waals surface area contributed by atoms with Gasteiger partial charge in [-0.25, -0.2) is 14.0 Å². The average molecular weight is 345 g/mol. The lowest BCUT2D eigenvalue weighted by Gasteiger charge is -2.07. The van der Waals surface area contributed by atoms with Crippen molar-refractivity contribution in [2.75, 3.05) is 13.7 Å². The molecule has 130 valence electrons. The van der Waals surface area contributed by atoms with Gasteiger partial charge >= 0.3 is 11.9 Å². The minimum absolute atomic E-state index is 0.199. The molecule has 0 unspecified atom stereocenters. The van der Waals surface area contributed by atoms with Gasteiger partial charge < -0.3 is 14.8 Å². The van der Waals surface area contributed by atoms with E-state index >= 15 is 0 Å². The predicted octanol–water partition coefficient (Wildman–Crippen LogP) is 2.09. The van der Waals surface area contributed by atoms with Crippen molar-refractivity contribution < 1.29 is 28.2 Å². The fourth-order valence-corrected chi connectivity index (χ4v) is 1.93. The van der Waals surface area contributed by atoms with Crippen molar-refractivity contribution in [1.82, 2.24) is 5.32 Å². The van der Waals surface area contributed by atoms with Gasteiger partial charge in [0.1, 0.15) is 5.82 Å². The second-order valence-electron chi connectivity index (χ2n) is 5.05. The van der Waals surface area contributed by atoms with Crippen molar-refractivity contribution in [3.05, 3.63) is 71.0 Å². The van der Waals surface area contributed by atoms with Crippen LogP contribution in [0.2, 0.25) is 0 Å². The minimum atomic E-state index is -0.687. The molecule has 0 aromatic heterocycles. The van der Waals surface area contributed by atoms with Gasteiger partial charge in [-0.05, 0) is 42.0 Å². The van der Waals surface area contributed by atoms with Crippen LogP contribution in [0.25, 0.3) is 0 Å². The molecule has 0 aliphatic carbocycles. The summed E-state index contributed by atoms with van der Waals surface area (Å²) in [7, 11) is 1.26.